The van der Waals surface area contributed by atoms with E-state index in [4.69, 9.17) is 4.42 Å². The van der Waals surface area contributed by atoms with Crippen molar-refractivity contribution in [3.63, 3.8) is 0 Å². The lowest BCUT2D eigenvalue weighted by Gasteiger charge is -2.32. The molecule has 1 N–H and O–H groups in total. The van der Waals surface area contributed by atoms with Gasteiger partial charge in [-0.3, -0.25) is 0 Å². The van der Waals surface area contributed by atoms with Gasteiger partial charge in [0.1, 0.15) is 0 Å². The number of furan rings is 1. The topological polar surface area (TPSA) is 25.2 Å². The fourth-order valence-electron chi connectivity index (χ4n) is 2.91. The van der Waals surface area contributed by atoms with E-state index >= 15 is 0 Å². The van der Waals surface area contributed by atoms with Crippen molar-refractivity contribution < 1.29 is 4.42 Å². The van der Waals surface area contributed by atoms with Crippen LogP contribution in [0.2, 0.25) is 0 Å². The van der Waals surface area contributed by atoms with Gasteiger partial charge in [0.05, 0.1) is 12.5 Å². The molecule has 3 unspecified atom stereocenters. The second-order valence-corrected chi connectivity index (χ2v) is 4.85. The van der Waals surface area contributed by atoms with Gasteiger partial charge in [0.2, 0.25) is 0 Å². The van der Waals surface area contributed by atoms with E-state index in [-0.39, 0.29) is 0 Å². The molecule has 15 heavy (non-hydrogen) atoms. The van der Waals surface area contributed by atoms with E-state index in [1.165, 1.54) is 31.2 Å². The van der Waals surface area contributed by atoms with Crippen molar-refractivity contribution >= 4 is 0 Å². The Morgan fingerprint density at radius 2 is 2.33 bits per heavy atom. The van der Waals surface area contributed by atoms with Gasteiger partial charge in [-0.25, -0.2) is 0 Å². The quantitative estimate of drug-likeness (QED) is 0.822. The van der Waals surface area contributed by atoms with Crippen molar-refractivity contribution in [1.29, 1.82) is 0 Å². The highest BCUT2D eigenvalue weighted by molar-refractivity contribution is 5.13. The van der Waals surface area contributed by atoms with Crippen molar-refractivity contribution in [2.24, 2.45) is 11.8 Å². The number of rotatable bonds is 3. The molecule has 84 valence electrons. The SMILES string of the molecule is CNC(c1ccoc1)C1CCCC(C)C1. The van der Waals surface area contributed by atoms with E-state index < -0.39 is 0 Å². The van der Waals surface area contributed by atoms with Crippen LogP contribution < -0.4 is 5.32 Å². The highest BCUT2D eigenvalue weighted by Crippen LogP contribution is 2.36. The van der Waals surface area contributed by atoms with E-state index in [1.54, 1.807) is 6.26 Å². The summed E-state index contributed by atoms with van der Waals surface area (Å²) in [4.78, 5) is 0. The smallest absolute Gasteiger partial charge is 0.0950 e. The lowest BCUT2D eigenvalue weighted by atomic mass is 9.77. The molecule has 1 aromatic rings. The molecular weight excluding hydrogens is 186 g/mol. The van der Waals surface area contributed by atoms with Crippen LogP contribution >= 0.6 is 0 Å². The first kappa shape index (κ1) is 10.7. The summed E-state index contributed by atoms with van der Waals surface area (Å²) in [6.07, 6.45) is 9.12. The summed E-state index contributed by atoms with van der Waals surface area (Å²) in [5.74, 6) is 1.66. The van der Waals surface area contributed by atoms with Crippen LogP contribution in [0.25, 0.3) is 0 Å². The van der Waals surface area contributed by atoms with E-state index in [9.17, 15) is 0 Å². The number of hydrogen-bond donors (Lipinski definition) is 1. The molecule has 2 nitrogen and oxygen atoms in total. The van der Waals surface area contributed by atoms with E-state index in [0.717, 1.165) is 11.8 Å². The van der Waals surface area contributed by atoms with Crippen LogP contribution in [0.5, 0.6) is 0 Å². The molecule has 3 atom stereocenters. The average Bonchev–Trinajstić information content (AvgIpc) is 2.72. The Bertz CT molecular complexity index is 281. The maximum absolute atomic E-state index is 5.17. The summed E-state index contributed by atoms with van der Waals surface area (Å²) in [5, 5.41) is 3.43. The predicted octanol–water partition coefficient (Wildman–Crippen LogP) is 3.37. The molecule has 1 fully saturated rings. The van der Waals surface area contributed by atoms with Crippen molar-refractivity contribution in [2.45, 2.75) is 38.6 Å². The van der Waals surface area contributed by atoms with Crippen LogP contribution in [0.1, 0.15) is 44.2 Å². The highest BCUT2D eigenvalue weighted by Gasteiger charge is 2.27. The molecule has 0 aliphatic heterocycles. The van der Waals surface area contributed by atoms with Gasteiger partial charge in [-0.15, -0.1) is 0 Å². The lowest BCUT2D eigenvalue weighted by molar-refractivity contribution is 0.229. The predicted molar refractivity (Wildman–Crippen MR) is 61.6 cm³/mol. The molecule has 1 aliphatic carbocycles. The van der Waals surface area contributed by atoms with Crippen LogP contribution in [-0.4, -0.2) is 7.05 Å². The number of hydrogen-bond acceptors (Lipinski definition) is 2. The first-order valence-corrected chi connectivity index (χ1v) is 6.00. The third-order valence-electron chi connectivity index (χ3n) is 3.66. The third kappa shape index (κ3) is 2.43. The van der Waals surface area contributed by atoms with E-state index in [2.05, 4.69) is 25.4 Å². The summed E-state index contributed by atoms with van der Waals surface area (Å²) < 4.78 is 5.17. The Morgan fingerprint density at radius 3 is 2.93 bits per heavy atom. The van der Waals surface area contributed by atoms with Gasteiger partial charge in [0.25, 0.3) is 0 Å². The molecule has 0 bridgehead atoms. The minimum Gasteiger partial charge on any atom is -0.472 e. The van der Waals surface area contributed by atoms with Crippen molar-refractivity contribution in [2.75, 3.05) is 7.05 Å². The van der Waals surface area contributed by atoms with Crippen molar-refractivity contribution in [3.8, 4) is 0 Å². The molecule has 0 radical (unpaired) electrons. The summed E-state index contributed by atoms with van der Waals surface area (Å²) in [6.45, 7) is 2.37. The zero-order chi connectivity index (χ0) is 10.7. The highest BCUT2D eigenvalue weighted by atomic mass is 16.3. The summed E-state index contributed by atoms with van der Waals surface area (Å²) in [6, 6.07) is 2.56. The zero-order valence-corrected chi connectivity index (χ0v) is 9.70. The van der Waals surface area contributed by atoms with E-state index in [0.29, 0.717) is 6.04 Å². The largest absolute Gasteiger partial charge is 0.472 e. The van der Waals surface area contributed by atoms with Crippen LogP contribution in [0.15, 0.2) is 23.0 Å². The molecule has 0 amide bonds. The van der Waals surface area contributed by atoms with Gasteiger partial charge < -0.3 is 9.73 Å². The Hall–Kier alpha value is -0.760. The molecule has 1 aliphatic rings. The van der Waals surface area contributed by atoms with Gasteiger partial charge in [0, 0.05) is 11.6 Å². The van der Waals surface area contributed by atoms with E-state index in [1.807, 2.05) is 6.26 Å². The Kier molecular flexibility index (Phi) is 3.47. The molecule has 1 heterocycles. The molecule has 0 aromatic carbocycles. The van der Waals surface area contributed by atoms with Crippen LogP contribution in [0.3, 0.4) is 0 Å². The van der Waals surface area contributed by atoms with Crippen molar-refractivity contribution in [1.82, 2.24) is 5.32 Å². The van der Waals surface area contributed by atoms with Gasteiger partial charge in [-0.1, -0.05) is 19.8 Å². The molecule has 1 aromatic heterocycles. The Balaban J connectivity index is 2.06. The molecule has 2 heteroatoms. The van der Waals surface area contributed by atoms with Crippen LogP contribution in [0, 0.1) is 11.8 Å². The first-order valence-electron chi connectivity index (χ1n) is 6.00. The zero-order valence-electron chi connectivity index (χ0n) is 9.70. The molecule has 2 rings (SSSR count). The summed E-state index contributed by atoms with van der Waals surface area (Å²) >= 11 is 0. The average molecular weight is 207 g/mol. The number of nitrogens with one attached hydrogen (secondary N) is 1. The standard InChI is InChI=1S/C13H21NO/c1-10-4-3-5-11(8-10)13(14-2)12-6-7-15-9-12/h6-7,9-11,13-14H,3-5,8H2,1-2H3. The van der Waals surface area contributed by atoms with Gasteiger partial charge in [-0.2, -0.15) is 0 Å². The second kappa shape index (κ2) is 4.84. The minimum absolute atomic E-state index is 0.478. The maximum atomic E-state index is 5.17. The fourth-order valence-corrected chi connectivity index (χ4v) is 2.91. The van der Waals surface area contributed by atoms with Gasteiger partial charge in [0.15, 0.2) is 0 Å². The van der Waals surface area contributed by atoms with Gasteiger partial charge >= 0.3 is 0 Å². The molecular formula is C13H21NO. The normalized spacial score (nSPS) is 28.9. The Labute approximate surface area is 92.1 Å². The summed E-state index contributed by atoms with van der Waals surface area (Å²) in [7, 11) is 2.05. The monoisotopic (exact) mass is 207 g/mol. The Morgan fingerprint density at radius 1 is 1.47 bits per heavy atom. The third-order valence-corrected chi connectivity index (χ3v) is 3.66. The summed E-state index contributed by atoms with van der Waals surface area (Å²) in [5.41, 5.74) is 1.30. The first-order chi connectivity index (χ1) is 7.31. The fraction of sp³-hybridized carbons (Fsp3) is 0.692. The second-order valence-electron chi connectivity index (χ2n) is 4.85. The lowest BCUT2D eigenvalue weighted by Crippen LogP contribution is -2.28. The van der Waals surface area contributed by atoms with Crippen molar-refractivity contribution in [3.05, 3.63) is 24.2 Å². The van der Waals surface area contributed by atoms with Gasteiger partial charge in [-0.05, 0) is 37.8 Å². The molecule has 0 spiro atoms. The molecule has 1 saturated carbocycles. The maximum Gasteiger partial charge on any atom is 0.0950 e. The van der Waals surface area contributed by atoms with Crippen LogP contribution in [0.4, 0.5) is 0 Å². The minimum atomic E-state index is 0.478. The molecule has 0 saturated heterocycles. The van der Waals surface area contributed by atoms with Crippen LogP contribution in [-0.2, 0) is 0 Å².